The second kappa shape index (κ2) is 17.2. The van der Waals surface area contributed by atoms with E-state index in [1.807, 2.05) is 36.7 Å². The molecule has 14 heteroatoms. The zero-order chi connectivity index (χ0) is 40.5. The van der Waals surface area contributed by atoms with Crippen LogP contribution < -0.4 is 20.3 Å². The van der Waals surface area contributed by atoms with Crippen molar-refractivity contribution in [3.05, 3.63) is 71.0 Å². The summed E-state index contributed by atoms with van der Waals surface area (Å²) in [5, 5.41) is 7.81. The monoisotopic (exact) mass is 796 g/mol. The highest BCUT2D eigenvalue weighted by molar-refractivity contribution is 6.30. The van der Waals surface area contributed by atoms with Crippen LogP contribution in [0.2, 0.25) is 0 Å². The van der Waals surface area contributed by atoms with Crippen LogP contribution in [0.15, 0.2) is 48.8 Å². The third kappa shape index (κ3) is 7.51. The average molecular weight is 797 g/mol. The van der Waals surface area contributed by atoms with Gasteiger partial charge in [0.05, 0.1) is 22.9 Å². The number of aromatic nitrogens is 2. The molecule has 14 nitrogen and oxygen atoms in total. The summed E-state index contributed by atoms with van der Waals surface area (Å²) in [4.78, 5) is 70.0. The molecule has 2 unspecified atom stereocenters. The number of benzene rings is 2. The molecule has 310 valence electrons. The highest BCUT2D eigenvalue weighted by Gasteiger charge is 2.45. The maximum atomic E-state index is 13.6. The van der Waals surface area contributed by atoms with Gasteiger partial charge >= 0.3 is 11.9 Å². The molecule has 2 aliphatic carbocycles. The van der Waals surface area contributed by atoms with Gasteiger partial charge in [-0.3, -0.25) is 19.4 Å². The average Bonchev–Trinajstić information content (AvgIpc) is 3.78. The van der Waals surface area contributed by atoms with E-state index >= 15 is 0 Å². The normalized spacial score (nSPS) is 23.9. The largest absolute Gasteiger partial charge is 0.444 e. The van der Waals surface area contributed by atoms with Crippen molar-refractivity contribution in [3.63, 3.8) is 0 Å². The van der Waals surface area contributed by atoms with Gasteiger partial charge in [-0.05, 0) is 86.0 Å². The second-order valence-corrected chi connectivity index (χ2v) is 16.5. The summed E-state index contributed by atoms with van der Waals surface area (Å²) in [6.45, 7) is 7.82. The number of nitrogens with one attached hydrogen (secondary N) is 2. The molecule has 0 spiro atoms. The number of nitrogens with zero attached hydrogens (tertiary/aromatic N) is 4. The smallest absolute Gasteiger partial charge is 0.364 e. The highest BCUT2D eigenvalue weighted by atomic mass is 16.7. The summed E-state index contributed by atoms with van der Waals surface area (Å²) in [5.74, 6) is -2.42. The Labute approximate surface area is 339 Å². The van der Waals surface area contributed by atoms with Gasteiger partial charge in [-0.15, -0.1) is 0 Å². The molecule has 58 heavy (non-hydrogen) atoms. The van der Waals surface area contributed by atoms with Crippen LogP contribution in [-0.2, 0) is 41.5 Å². The predicted octanol–water partition coefficient (Wildman–Crippen LogP) is 3.91. The summed E-state index contributed by atoms with van der Waals surface area (Å²) >= 11 is 0. The standard InChI is InChI=1S/C44H56N6O8/c1-5-7-15-47-21-29(41(51)45-25-55-3)17-33-31-11-9-13-35-39(31)27(19-37(33)47)23-49(35)57-43(53)44(54)58-50-24-28-20-38-34(32-12-10-14-36(50)40(28)32)18-30(42(52)46-26-56-4)22-48(38)16-8-6-2/h9-14,23-24,29-30,33-34,37-38H,5-8,15-22,25-26H2,1-4H3,(H,45,51)(H,46,52)/t29?,30?,33-,34-,37-,38-/m1/s1. The quantitative estimate of drug-likeness (QED) is 0.142. The lowest BCUT2D eigenvalue weighted by molar-refractivity contribution is -0.167. The third-order valence-corrected chi connectivity index (χ3v) is 13.0. The number of methoxy groups -OCH3 is 2. The lowest BCUT2D eigenvalue weighted by Gasteiger charge is -2.46. The molecule has 0 radical (unpaired) electrons. The Morgan fingerprint density at radius 2 is 1.09 bits per heavy atom. The fourth-order valence-electron chi connectivity index (χ4n) is 10.3. The van der Waals surface area contributed by atoms with Crippen molar-refractivity contribution >= 4 is 45.6 Å². The van der Waals surface area contributed by atoms with E-state index in [0.717, 1.165) is 84.6 Å². The van der Waals surface area contributed by atoms with E-state index < -0.39 is 11.9 Å². The Morgan fingerprint density at radius 1 is 0.655 bits per heavy atom. The molecular formula is C44H56N6O8. The first-order chi connectivity index (χ1) is 28.2. The van der Waals surface area contributed by atoms with Crippen LogP contribution in [0.25, 0.3) is 21.8 Å². The molecular weight excluding hydrogens is 741 g/mol. The summed E-state index contributed by atoms with van der Waals surface area (Å²) in [6, 6.07) is 12.3. The summed E-state index contributed by atoms with van der Waals surface area (Å²) in [6.07, 6.45) is 10.7. The summed E-state index contributed by atoms with van der Waals surface area (Å²) in [5.41, 5.74) is 5.69. The number of hydrogen-bond acceptors (Lipinski definition) is 10. The Kier molecular flexibility index (Phi) is 11.9. The first kappa shape index (κ1) is 40.0. The van der Waals surface area contributed by atoms with E-state index in [-0.39, 0.29) is 61.0 Å². The Bertz CT molecular complexity index is 2030. The molecule has 2 aliphatic heterocycles. The Balaban J connectivity index is 1.02. The fourth-order valence-corrected chi connectivity index (χ4v) is 10.3. The molecule has 2 fully saturated rings. The molecule has 2 aromatic heterocycles. The molecule has 4 aromatic rings. The van der Waals surface area contributed by atoms with Gasteiger partial charge in [0.2, 0.25) is 11.8 Å². The topological polar surface area (TPSA) is 146 Å². The number of ether oxygens (including phenoxy) is 2. The van der Waals surface area contributed by atoms with E-state index in [2.05, 4.69) is 46.4 Å². The minimum absolute atomic E-state index is 0.00564. The van der Waals surface area contributed by atoms with Crippen molar-refractivity contribution in [1.29, 1.82) is 0 Å². The first-order valence-corrected chi connectivity index (χ1v) is 21.0. The number of rotatable bonds is 14. The second-order valence-electron chi connectivity index (χ2n) is 16.5. The van der Waals surface area contributed by atoms with Gasteiger partial charge in [-0.25, -0.2) is 9.59 Å². The highest BCUT2D eigenvalue weighted by Crippen LogP contribution is 2.47. The number of piperidine rings is 2. The van der Waals surface area contributed by atoms with Crippen LogP contribution in [0.1, 0.15) is 86.5 Å². The molecule has 4 aliphatic rings. The van der Waals surface area contributed by atoms with Gasteiger partial charge < -0.3 is 29.8 Å². The van der Waals surface area contributed by atoms with Gasteiger partial charge in [0.15, 0.2) is 0 Å². The Morgan fingerprint density at radius 3 is 1.48 bits per heavy atom. The minimum atomic E-state index is -1.14. The molecule has 2 aromatic carbocycles. The summed E-state index contributed by atoms with van der Waals surface area (Å²) in [7, 11) is 3.13. The molecule has 0 bridgehead atoms. The van der Waals surface area contributed by atoms with E-state index in [4.69, 9.17) is 19.1 Å². The molecule has 2 N–H and O–H groups in total. The van der Waals surface area contributed by atoms with Crippen LogP contribution in [0, 0.1) is 11.8 Å². The van der Waals surface area contributed by atoms with Crippen LogP contribution in [0.4, 0.5) is 0 Å². The fraction of sp³-hybridized carbons (Fsp3) is 0.545. The molecule has 8 rings (SSSR count). The minimum Gasteiger partial charge on any atom is -0.364 e. The first-order valence-electron chi connectivity index (χ1n) is 21.0. The number of carbonyl (C=O) groups excluding carboxylic acids is 4. The lowest BCUT2D eigenvalue weighted by Crippen LogP contribution is -2.53. The van der Waals surface area contributed by atoms with E-state index in [0.29, 0.717) is 37.0 Å². The van der Waals surface area contributed by atoms with Crippen molar-refractivity contribution in [2.75, 3.05) is 53.9 Å². The van der Waals surface area contributed by atoms with E-state index in [1.165, 1.54) is 9.46 Å². The van der Waals surface area contributed by atoms with Gasteiger partial charge in [0.1, 0.15) is 13.5 Å². The lowest BCUT2D eigenvalue weighted by atomic mass is 9.72. The maximum Gasteiger partial charge on any atom is 0.444 e. The van der Waals surface area contributed by atoms with Gasteiger partial charge in [0, 0.05) is 74.4 Å². The van der Waals surface area contributed by atoms with Crippen LogP contribution in [0.5, 0.6) is 0 Å². The number of likely N-dealkylation sites (tertiary alicyclic amines) is 2. The van der Waals surface area contributed by atoms with Gasteiger partial charge in [-0.2, -0.15) is 9.46 Å². The van der Waals surface area contributed by atoms with Crippen molar-refractivity contribution in [2.45, 2.75) is 89.1 Å². The number of unbranched alkanes of at least 4 members (excludes halogenated alkanes) is 2. The van der Waals surface area contributed by atoms with Crippen LogP contribution in [0.3, 0.4) is 0 Å². The molecule has 4 heterocycles. The zero-order valence-electron chi connectivity index (χ0n) is 34.0. The van der Waals surface area contributed by atoms with Crippen LogP contribution in [-0.4, -0.2) is 109 Å². The molecule has 6 atom stereocenters. The number of amides is 2. The number of fused-ring (bicyclic) bond motifs is 4. The predicted molar refractivity (Wildman–Crippen MR) is 217 cm³/mol. The molecule has 2 amide bonds. The zero-order valence-corrected chi connectivity index (χ0v) is 34.0. The van der Waals surface area contributed by atoms with Crippen molar-refractivity contribution in [2.24, 2.45) is 11.8 Å². The van der Waals surface area contributed by atoms with Crippen LogP contribution >= 0.6 is 0 Å². The number of hydrogen-bond donors (Lipinski definition) is 2. The van der Waals surface area contributed by atoms with E-state index in [1.54, 1.807) is 14.2 Å². The van der Waals surface area contributed by atoms with Gasteiger partial charge in [0.25, 0.3) is 0 Å². The van der Waals surface area contributed by atoms with Crippen molar-refractivity contribution in [3.8, 4) is 0 Å². The van der Waals surface area contributed by atoms with E-state index in [9.17, 15) is 19.2 Å². The molecule has 0 saturated carbocycles. The SMILES string of the molecule is CCCCN1CC(C(=O)NCOC)C[C@@H]2c3cccc4c3c(cn4OC(=O)C(=O)On3cc4c5c(cccc53)[C@H]3CC(C(=O)NCOC)CN(CCCC)[C@@H]3C4)C[C@H]21. The maximum absolute atomic E-state index is 13.6. The number of carbonyl (C=O) groups is 4. The van der Waals surface area contributed by atoms with Crippen molar-refractivity contribution < 1.29 is 38.3 Å². The Hall–Kier alpha value is -4.76. The summed E-state index contributed by atoms with van der Waals surface area (Å²) < 4.78 is 13.0. The van der Waals surface area contributed by atoms with Gasteiger partial charge in [-0.1, -0.05) is 51.0 Å². The third-order valence-electron chi connectivity index (χ3n) is 13.0. The molecule has 2 saturated heterocycles. The van der Waals surface area contributed by atoms with Crippen molar-refractivity contribution in [1.82, 2.24) is 29.9 Å².